The van der Waals surface area contributed by atoms with E-state index < -0.39 is 6.04 Å². The average molecular weight is 350 g/mol. The monoisotopic (exact) mass is 349 g/mol. The van der Waals surface area contributed by atoms with Crippen molar-refractivity contribution in [1.82, 2.24) is 0 Å². The Labute approximate surface area is 132 Å². The van der Waals surface area contributed by atoms with Crippen LogP contribution in [0.3, 0.4) is 0 Å². The highest BCUT2D eigenvalue weighted by molar-refractivity contribution is 9.10. The number of ether oxygens (including phenoxy) is 1. The summed E-state index contributed by atoms with van der Waals surface area (Å²) in [7, 11) is 0. The molecule has 2 atom stereocenters. The van der Waals surface area contributed by atoms with Crippen molar-refractivity contribution in [1.29, 1.82) is 0 Å². The molecule has 0 saturated carbocycles. The maximum atomic E-state index is 14.0. The van der Waals surface area contributed by atoms with E-state index in [4.69, 9.17) is 10.5 Å². The van der Waals surface area contributed by atoms with Gasteiger partial charge in [-0.3, -0.25) is 0 Å². The van der Waals surface area contributed by atoms with Crippen molar-refractivity contribution in [2.45, 2.75) is 25.0 Å². The largest absolute Gasteiger partial charge is 0.373 e. The third-order valence-corrected chi connectivity index (χ3v) is 4.62. The van der Waals surface area contributed by atoms with Crippen molar-refractivity contribution >= 4 is 15.9 Å². The first-order valence-corrected chi connectivity index (χ1v) is 7.85. The minimum absolute atomic E-state index is 0.0727. The second-order valence-corrected chi connectivity index (χ2v) is 6.14. The Balaban J connectivity index is 1.85. The first-order valence-electron chi connectivity index (χ1n) is 7.05. The highest BCUT2D eigenvalue weighted by Crippen LogP contribution is 2.35. The van der Waals surface area contributed by atoms with Crippen LogP contribution in [0.5, 0.6) is 0 Å². The number of rotatable bonds is 3. The van der Waals surface area contributed by atoms with Crippen molar-refractivity contribution in [3.05, 3.63) is 69.4 Å². The molecule has 2 aromatic rings. The fourth-order valence-corrected chi connectivity index (χ4v) is 3.52. The van der Waals surface area contributed by atoms with Gasteiger partial charge < -0.3 is 10.5 Å². The van der Waals surface area contributed by atoms with Crippen molar-refractivity contribution < 1.29 is 9.13 Å². The normalized spacial score (nSPS) is 19.1. The highest BCUT2D eigenvalue weighted by Gasteiger charge is 2.25. The lowest BCUT2D eigenvalue weighted by Gasteiger charge is -2.28. The molecule has 0 radical (unpaired) electrons. The molecule has 0 amide bonds. The van der Waals surface area contributed by atoms with E-state index in [2.05, 4.69) is 28.1 Å². The second kappa shape index (κ2) is 6.26. The first-order chi connectivity index (χ1) is 10.2. The van der Waals surface area contributed by atoms with E-state index in [1.54, 1.807) is 6.07 Å². The quantitative estimate of drug-likeness (QED) is 0.896. The predicted octanol–water partition coefficient (Wildman–Crippen LogP) is 4.29. The number of hydrogen-bond acceptors (Lipinski definition) is 2. The van der Waals surface area contributed by atoms with Crippen LogP contribution >= 0.6 is 15.9 Å². The molecule has 2 nitrogen and oxygen atoms in total. The van der Waals surface area contributed by atoms with Gasteiger partial charge in [-0.1, -0.05) is 46.3 Å². The Morgan fingerprint density at radius 1 is 1.24 bits per heavy atom. The lowest BCUT2D eigenvalue weighted by molar-refractivity contribution is 0.0317. The summed E-state index contributed by atoms with van der Waals surface area (Å²) < 4.78 is 20.6. The summed E-state index contributed by atoms with van der Waals surface area (Å²) in [5.41, 5.74) is 9.22. The summed E-state index contributed by atoms with van der Waals surface area (Å²) in [5, 5.41) is 0. The summed E-state index contributed by atoms with van der Waals surface area (Å²) in [4.78, 5) is 0. The zero-order chi connectivity index (χ0) is 14.8. The van der Waals surface area contributed by atoms with Crippen LogP contribution in [-0.2, 0) is 11.2 Å². The first kappa shape index (κ1) is 14.7. The molecule has 0 bridgehead atoms. The fourth-order valence-electron chi connectivity index (χ4n) is 2.89. The van der Waals surface area contributed by atoms with Crippen LogP contribution in [-0.4, -0.2) is 6.61 Å². The van der Waals surface area contributed by atoms with Crippen molar-refractivity contribution in [2.75, 3.05) is 6.61 Å². The molecule has 2 unspecified atom stereocenters. The molecule has 0 spiro atoms. The van der Waals surface area contributed by atoms with Crippen molar-refractivity contribution in [2.24, 2.45) is 5.73 Å². The lowest BCUT2D eigenvalue weighted by Crippen LogP contribution is -2.22. The topological polar surface area (TPSA) is 35.2 Å². The number of nitrogens with two attached hydrogens (primary N) is 1. The van der Waals surface area contributed by atoms with Gasteiger partial charge in [-0.05, 0) is 36.1 Å². The summed E-state index contributed by atoms with van der Waals surface area (Å²) in [6.45, 7) is 0.687. The smallest absolute Gasteiger partial charge is 0.129 e. The zero-order valence-electron chi connectivity index (χ0n) is 11.6. The van der Waals surface area contributed by atoms with E-state index in [1.165, 1.54) is 17.2 Å². The molecule has 0 fully saturated rings. The van der Waals surface area contributed by atoms with Crippen LogP contribution < -0.4 is 5.73 Å². The molecular weight excluding hydrogens is 333 g/mol. The van der Waals surface area contributed by atoms with Crippen LogP contribution in [0, 0.1) is 5.82 Å². The maximum absolute atomic E-state index is 14.0. The van der Waals surface area contributed by atoms with Crippen LogP contribution in [0.25, 0.3) is 0 Å². The van der Waals surface area contributed by atoms with Crippen molar-refractivity contribution in [3.8, 4) is 0 Å². The number of fused-ring (bicyclic) bond motifs is 1. The van der Waals surface area contributed by atoms with Gasteiger partial charge in [-0.25, -0.2) is 4.39 Å². The molecule has 2 N–H and O–H groups in total. The van der Waals surface area contributed by atoms with Crippen LogP contribution in [0.1, 0.15) is 35.3 Å². The van der Waals surface area contributed by atoms with Gasteiger partial charge in [0.25, 0.3) is 0 Å². The van der Waals surface area contributed by atoms with Gasteiger partial charge in [-0.15, -0.1) is 0 Å². The lowest BCUT2D eigenvalue weighted by atomic mass is 9.91. The standard InChI is InChI=1S/C17H17BrFNO/c18-13-6-3-7-14(19)17(13)15(20)10-16-12-5-2-1-4-11(12)8-9-21-16/h1-7,15-16H,8-10,20H2. The Morgan fingerprint density at radius 3 is 2.86 bits per heavy atom. The molecule has 0 saturated heterocycles. The number of benzene rings is 2. The van der Waals surface area contributed by atoms with Gasteiger partial charge in [0, 0.05) is 16.1 Å². The van der Waals surface area contributed by atoms with Crippen molar-refractivity contribution in [3.63, 3.8) is 0 Å². The van der Waals surface area contributed by atoms with Gasteiger partial charge in [0.2, 0.25) is 0 Å². The molecule has 3 rings (SSSR count). The van der Waals surface area contributed by atoms with E-state index in [0.717, 1.165) is 6.42 Å². The van der Waals surface area contributed by atoms with Gasteiger partial charge in [-0.2, -0.15) is 0 Å². The highest BCUT2D eigenvalue weighted by atomic mass is 79.9. The zero-order valence-corrected chi connectivity index (χ0v) is 13.1. The van der Waals surface area contributed by atoms with Crippen LogP contribution in [0.2, 0.25) is 0 Å². The summed E-state index contributed by atoms with van der Waals surface area (Å²) in [5.74, 6) is -0.277. The number of halogens is 2. The Bertz CT molecular complexity index is 626. The minimum Gasteiger partial charge on any atom is -0.373 e. The summed E-state index contributed by atoms with van der Waals surface area (Å²) in [6.07, 6.45) is 1.42. The van der Waals surface area contributed by atoms with E-state index in [1.807, 2.05) is 18.2 Å². The van der Waals surface area contributed by atoms with Gasteiger partial charge >= 0.3 is 0 Å². The molecule has 0 aromatic heterocycles. The minimum atomic E-state index is -0.406. The van der Waals surface area contributed by atoms with E-state index in [-0.39, 0.29) is 11.9 Å². The Kier molecular flexibility index (Phi) is 4.38. The summed E-state index contributed by atoms with van der Waals surface area (Å²) >= 11 is 3.38. The molecule has 110 valence electrons. The van der Waals surface area contributed by atoms with Gasteiger partial charge in [0.15, 0.2) is 0 Å². The van der Waals surface area contributed by atoms with E-state index in [9.17, 15) is 4.39 Å². The molecule has 2 aromatic carbocycles. The Hall–Kier alpha value is -1.23. The van der Waals surface area contributed by atoms with E-state index >= 15 is 0 Å². The van der Waals surface area contributed by atoms with E-state index in [0.29, 0.717) is 23.1 Å². The fraction of sp³-hybridized carbons (Fsp3) is 0.294. The third-order valence-electron chi connectivity index (χ3n) is 3.93. The maximum Gasteiger partial charge on any atom is 0.129 e. The van der Waals surface area contributed by atoms with Gasteiger partial charge in [0.05, 0.1) is 12.7 Å². The van der Waals surface area contributed by atoms with Crippen LogP contribution in [0.15, 0.2) is 46.9 Å². The third kappa shape index (κ3) is 3.03. The molecule has 21 heavy (non-hydrogen) atoms. The van der Waals surface area contributed by atoms with Crippen LogP contribution in [0.4, 0.5) is 4.39 Å². The van der Waals surface area contributed by atoms with Gasteiger partial charge in [0.1, 0.15) is 5.82 Å². The summed E-state index contributed by atoms with van der Waals surface area (Å²) in [6, 6.07) is 12.7. The molecule has 1 aliphatic rings. The SMILES string of the molecule is NC(CC1OCCc2ccccc21)c1c(F)cccc1Br. The molecule has 1 heterocycles. The molecule has 1 aliphatic heterocycles. The Morgan fingerprint density at radius 2 is 2.05 bits per heavy atom. The predicted molar refractivity (Wildman–Crippen MR) is 84.5 cm³/mol. The average Bonchev–Trinajstić information content (AvgIpc) is 2.47. The number of hydrogen-bond donors (Lipinski definition) is 1. The molecule has 4 heteroatoms. The molecular formula is C17H17BrFNO. The second-order valence-electron chi connectivity index (χ2n) is 5.29. The molecule has 0 aliphatic carbocycles.